The third-order valence-corrected chi connectivity index (χ3v) is 12.2. The normalized spacial score (nSPS) is 14.9. The SMILES string of the molecule is CC(C)(C)c1ccc(N2c3ccccc3C(C)(C)c3cc4c(cc32)C(C)(C)c2cc(/C=C/c3ccc(-c5ccc(Nc6ccccc6)cc5)cc3)ccc2-4)cc1. The molecule has 7 aromatic carbocycles. The van der Waals surface area contributed by atoms with Gasteiger partial charge in [0.2, 0.25) is 0 Å². The quantitative estimate of drug-likeness (QED) is 0.172. The summed E-state index contributed by atoms with van der Waals surface area (Å²) in [7, 11) is 0. The van der Waals surface area contributed by atoms with Crippen molar-refractivity contribution in [3.8, 4) is 22.3 Å². The zero-order valence-corrected chi connectivity index (χ0v) is 33.6. The van der Waals surface area contributed by atoms with E-state index < -0.39 is 0 Å². The average molecular weight is 727 g/mol. The number of nitrogens with zero attached hydrogens (tertiary/aromatic N) is 1. The van der Waals surface area contributed by atoms with Crippen molar-refractivity contribution in [2.75, 3.05) is 10.2 Å². The fourth-order valence-corrected chi connectivity index (χ4v) is 8.85. The van der Waals surface area contributed by atoms with E-state index in [-0.39, 0.29) is 16.2 Å². The highest BCUT2D eigenvalue weighted by Gasteiger charge is 2.42. The van der Waals surface area contributed by atoms with Gasteiger partial charge in [0, 0.05) is 27.9 Å². The van der Waals surface area contributed by atoms with E-state index in [4.69, 9.17) is 0 Å². The molecule has 9 rings (SSSR count). The van der Waals surface area contributed by atoms with Crippen LogP contribution in [-0.4, -0.2) is 0 Å². The lowest BCUT2D eigenvalue weighted by molar-refractivity contribution is 0.590. The van der Waals surface area contributed by atoms with Crippen molar-refractivity contribution >= 4 is 40.6 Å². The molecule has 2 aliphatic rings. The molecule has 276 valence electrons. The molecule has 1 N–H and O–H groups in total. The van der Waals surface area contributed by atoms with Gasteiger partial charge < -0.3 is 10.2 Å². The summed E-state index contributed by atoms with van der Waals surface area (Å²) in [5.41, 5.74) is 20.0. The van der Waals surface area contributed by atoms with Gasteiger partial charge in [-0.3, -0.25) is 0 Å². The van der Waals surface area contributed by atoms with E-state index in [1.54, 1.807) is 0 Å². The molecule has 2 nitrogen and oxygen atoms in total. The Morgan fingerprint density at radius 2 is 1.04 bits per heavy atom. The van der Waals surface area contributed by atoms with Crippen LogP contribution < -0.4 is 10.2 Å². The molecule has 0 atom stereocenters. The standard InChI is InChI=1S/C54H50N2/c1-52(2,3)40-26-30-43(31-27-40)56-50-16-12-11-15-46(50)53(4,5)49-34-45-44-32-21-37(33-47(44)54(6,7)48(45)35-51(49)56)18-17-36-19-22-38(23-20-36)39-24-28-42(29-25-39)55-41-13-9-8-10-14-41/h8-35,55H,1-7H3/b18-17+. The van der Waals surface area contributed by atoms with E-state index >= 15 is 0 Å². The second kappa shape index (κ2) is 13.3. The van der Waals surface area contributed by atoms with Crippen LogP contribution in [0.4, 0.5) is 28.4 Å². The van der Waals surface area contributed by atoms with Gasteiger partial charge in [-0.1, -0.05) is 164 Å². The summed E-state index contributed by atoms with van der Waals surface area (Å²) in [6.07, 6.45) is 4.49. The minimum Gasteiger partial charge on any atom is -0.356 e. The van der Waals surface area contributed by atoms with Gasteiger partial charge in [0.15, 0.2) is 0 Å². The Kier molecular flexibility index (Phi) is 8.43. The van der Waals surface area contributed by atoms with Gasteiger partial charge in [-0.05, 0) is 121 Å². The van der Waals surface area contributed by atoms with Gasteiger partial charge >= 0.3 is 0 Å². The van der Waals surface area contributed by atoms with Crippen LogP contribution in [0.5, 0.6) is 0 Å². The minimum atomic E-state index is -0.156. The van der Waals surface area contributed by atoms with E-state index in [0.717, 1.165) is 11.4 Å². The molecule has 0 saturated heterocycles. The zero-order valence-electron chi connectivity index (χ0n) is 33.6. The topological polar surface area (TPSA) is 15.3 Å². The van der Waals surface area contributed by atoms with Crippen molar-refractivity contribution in [1.82, 2.24) is 0 Å². The van der Waals surface area contributed by atoms with Crippen molar-refractivity contribution in [3.63, 3.8) is 0 Å². The van der Waals surface area contributed by atoms with E-state index in [1.807, 2.05) is 18.2 Å². The average Bonchev–Trinajstić information content (AvgIpc) is 3.42. The van der Waals surface area contributed by atoms with Crippen LogP contribution in [0.2, 0.25) is 0 Å². The largest absolute Gasteiger partial charge is 0.356 e. The van der Waals surface area contributed by atoms with Gasteiger partial charge in [-0.25, -0.2) is 0 Å². The number of benzene rings is 7. The molecule has 7 aromatic rings. The van der Waals surface area contributed by atoms with E-state index in [9.17, 15) is 0 Å². The lowest BCUT2D eigenvalue weighted by Gasteiger charge is -2.43. The molecule has 0 saturated carbocycles. The van der Waals surface area contributed by atoms with Crippen LogP contribution in [0.15, 0.2) is 158 Å². The van der Waals surface area contributed by atoms with Crippen molar-refractivity contribution < 1.29 is 0 Å². The first-order valence-corrected chi connectivity index (χ1v) is 19.9. The summed E-state index contributed by atoms with van der Waals surface area (Å²) in [6, 6.07) is 58.0. The summed E-state index contributed by atoms with van der Waals surface area (Å²) < 4.78 is 0. The van der Waals surface area contributed by atoms with Gasteiger partial charge in [0.25, 0.3) is 0 Å². The number of anilines is 5. The maximum Gasteiger partial charge on any atom is 0.0506 e. The van der Waals surface area contributed by atoms with Gasteiger partial charge in [-0.2, -0.15) is 0 Å². The Bertz CT molecular complexity index is 2600. The van der Waals surface area contributed by atoms with Gasteiger partial charge in [0.1, 0.15) is 0 Å². The first-order chi connectivity index (χ1) is 26.9. The molecule has 0 radical (unpaired) electrons. The molecule has 0 aromatic heterocycles. The zero-order chi connectivity index (χ0) is 38.8. The highest BCUT2D eigenvalue weighted by molar-refractivity contribution is 5.92. The Balaban J connectivity index is 1.01. The number of para-hydroxylation sites is 2. The molecule has 0 unspecified atom stereocenters. The molecule has 1 aliphatic carbocycles. The molecule has 0 bridgehead atoms. The summed E-state index contributed by atoms with van der Waals surface area (Å²) in [5.74, 6) is 0. The highest BCUT2D eigenvalue weighted by atomic mass is 15.2. The summed E-state index contributed by atoms with van der Waals surface area (Å²) in [6.45, 7) is 16.4. The molecule has 2 heteroatoms. The Morgan fingerprint density at radius 3 is 1.73 bits per heavy atom. The maximum absolute atomic E-state index is 3.47. The molecule has 0 amide bonds. The number of fused-ring (bicyclic) bond motifs is 5. The van der Waals surface area contributed by atoms with Crippen LogP contribution in [0.25, 0.3) is 34.4 Å². The Hall–Kier alpha value is -6.12. The number of nitrogens with one attached hydrogen (secondary N) is 1. The molecule has 0 fully saturated rings. The van der Waals surface area contributed by atoms with Crippen molar-refractivity contribution in [2.45, 2.75) is 64.7 Å². The number of hydrogen-bond donors (Lipinski definition) is 1. The second-order valence-corrected chi connectivity index (χ2v) is 17.6. The van der Waals surface area contributed by atoms with Crippen LogP contribution in [0.1, 0.15) is 87.4 Å². The van der Waals surface area contributed by atoms with Crippen LogP contribution in [0.3, 0.4) is 0 Å². The smallest absolute Gasteiger partial charge is 0.0506 e. The molecule has 1 heterocycles. The Labute approximate surface area is 333 Å². The highest BCUT2D eigenvalue weighted by Crippen LogP contribution is 2.57. The molecular formula is C54H50N2. The number of rotatable bonds is 6. The van der Waals surface area contributed by atoms with Crippen LogP contribution >= 0.6 is 0 Å². The summed E-state index contributed by atoms with van der Waals surface area (Å²) >= 11 is 0. The van der Waals surface area contributed by atoms with Crippen molar-refractivity contribution in [3.05, 3.63) is 197 Å². The fraction of sp³-hybridized carbons (Fsp3) is 0.185. The molecule has 0 spiro atoms. The molecule has 56 heavy (non-hydrogen) atoms. The van der Waals surface area contributed by atoms with E-state index in [1.165, 1.54) is 78.3 Å². The van der Waals surface area contributed by atoms with Crippen LogP contribution in [0, 0.1) is 0 Å². The number of hydrogen-bond acceptors (Lipinski definition) is 2. The van der Waals surface area contributed by atoms with Crippen molar-refractivity contribution in [2.24, 2.45) is 0 Å². The van der Waals surface area contributed by atoms with E-state index in [0.29, 0.717) is 0 Å². The second-order valence-electron chi connectivity index (χ2n) is 17.6. The van der Waals surface area contributed by atoms with Gasteiger partial charge in [0.05, 0.1) is 11.4 Å². The molecule has 1 aliphatic heterocycles. The minimum absolute atomic E-state index is 0.0996. The van der Waals surface area contributed by atoms with Gasteiger partial charge in [-0.15, -0.1) is 0 Å². The predicted molar refractivity (Wildman–Crippen MR) is 240 cm³/mol. The Morgan fingerprint density at radius 1 is 0.464 bits per heavy atom. The fourth-order valence-electron chi connectivity index (χ4n) is 8.85. The third kappa shape index (κ3) is 6.14. The summed E-state index contributed by atoms with van der Waals surface area (Å²) in [5, 5.41) is 3.47. The lowest BCUT2D eigenvalue weighted by atomic mass is 9.71. The molecular weight excluding hydrogens is 677 g/mol. The monoisotopic (exact) mass is 726 g/mol. The third-order valence-electron chi connectivity index (χ3n) is 12.2. The van der Waals surface area contributed by atoms with E-state index in [2.05, 4.69) is 210 Å². The first-order valence-electron chi connectivity index (χ1n) is 19.9. The lowest BCUT2D eigenvalue weighted by Crippen LogP contribution is -2.31. The van der Waals surface area contributed by atoms with Crippen molar-refractivity contribution in [1.29, 1.82) is 0 Å². The van der Waals surface area contributed by atoms with Crippen LogP contribution in [-0.2, 0) is 16.2 Å². The first kappa shape index (κ1) is 35.6. The maximum atomic E-state index is 3.47. The summed E-state index contributed by atoms with van der Waals surface area (Å²) in [4.78, 5) is 2.50. The predicted octanol–water partition coefficient (Wildman–Crippen LogP) is 15.0.